The number of hydrogen-bond donors (Lipinski definition) is 1. The Morgan fingerprint density at radius 2 is 1.73 bits per heavy atom. The summed E-state index contributed by atoms with van der Waals surface area (Å²) in [5, 5.41) is 14.8. The SMILES string of the molecule is COC(=O)C1CC(C(=O)NCc2ccc(C)cc2)N(C(=O)C2CCCCC2)C1c1ccccc1[N+](=O)[O-]. The third kappa shape index (κ3) is 5.65. The molecule has 2 aromatic rings. The second kappa shape index (κ2) is 11.5. The number of nitro groups is 1. The van der Waals surface area contributed by atoms with Gasteiger partial charge >= 0.3 is 5.97 Å². The molecule has 1 saturated carbocycles. The number of carbonyl (C=O) groups excluding carboxylic acids is 3. The van der Waals surface area contributed by atoms with E-state index in [4.69, 9.17) is 4.74 Å². The van der Waals surface area contributed by atoms with Gasteiger partial charge in [0.2, 0.25) is 11.8 Å². The van der Waals surface area contributed by atoms with E-state index < -0.39 is 28.9 Å². The highest BCUT2D eigenvalue weighted by Gasteiger charge is 2.53. The fourth-order valence-corrected chi connectivity index (χ4v) is 5.62. The number of aryl methyl sites for hydroxylation is 1. The molecule has 0 aromatic heterocycles. The van der Waals surface area contributed by atoms with E-state index in [2.05, 4.69) is 5.32 Å². The highest BCUT2D eigenvalue weighted by atomic mass is 16.6. The predicted molar refractivity (Wildman–Crippen MR) is 136 cm³/mol. The van der Waals surface area contributed by atoms with Crippen molar-refractivity contribution in [3.05, 3.63) is 75.3 Å². The molecule has 9 nitrogen and oxygen atoms in total. The van der Waals surface area contributed by atoms with Crippen LogP contribution in [0.3, 0.4) is 0 Å². The molecule has 9 heteroatoms. The number of nitrogens with one attached hydrogen (secondary N) is 1. The zero-order chi connectivity index (χ0) is 26.5. The summed E-state index contributed by atoms with van der Waals surface area (Å²) < 4.78 is 5.05. The van der Waals surface area contributed by atoms with E-state index in [9.17, 15) is 24.5 Å². The highest BCUT2D eigenvalue weighted by Crippen LogP contribution is 2.46. The van der Waals surface area contributed by atoms with Gasteiger partial charge in [-0.2, -0.15) is 0 Å². The quantitative estimate of drug-likeness (QED) is 0.340. The summed E-state index contributed by atoms with van der Waals surface area (Å²) in [5.41, 5.74) is 2.05. The molecule has 0 radical (unpaired) electrons. The molecule has 2 fully saturated rings. The third-order valence-electron chi connectivity index (χ3n) is 7.55. The van der Waals surface area contributed by atoms with Crippen LogP contribution in [0.2, 0.25) is 0 Å². The third-order valence-corrected chi connectivity index (χ3v) is 7.55. The molecule has 1 saturated heterocycles. The molecular weight excluding hydrogens is 474 g/mol. The van der Waals surface area contributed by atoms with E-state index in [-0.39, 0.29) is 41.9 Å². The molecule has 1 aliphatic heterocycles. The van der Waals surface area contributed by atoms with Gasteiger partial charge in [-0.25, -0.2) is 0 Å². The number of hydrogen-bond acceptors (Lipinski definition) is 6. The van der Waals surface area contributed by atoms with Gasteiger partial charge in [-0.15, -0.1) is 0 Å². The van der Waals surface area contributed by atoms with Gasteiger partial charge in [-0.05, 0) is 31.7 Å². The lowest BCUT2D eigenvalue weighted by atomic mass is 9.87. The number of likely N-dealkylation sites (tertiary alicyclic amines) is 1. The Labute approximate surface area is 216 Å². The van der Waals surface area contributed by atoms with Crippen LogP contribution in [-0.4, -0.2) is 40.8 Å². The first-order valence-corrected chi connectivity index (χ1v) is 12.8. The number of carbonyl (C=O) groups is 3. The molecule has 37 heavy (non-hydrogen) atoms. The largest absolute Gasteiger partial charge is 0.469 e. The summed E-state index contributed by atoms with van der Waals surface area (Å²) in [6, 6.07) is 11.9. The lowest BCUT2D eigenvalue weighted by molar-refractivity contribution is -0.386. The minimum absolute atomic E-state index is 0.0293. The molecule has 2 amide bonds. The topological polar surface area (TPSA) is 119 Å². The Kier molecular flexibility index (Phi) is 8.21. The lowest BCUT2D eigenvalue weighted by Gasteiger charge is -2.35. The van der Waals surface area contributed by atoms with E-state index in [1.54, 1.807) is 18.2 Å². The van der Waals surface area contributed by atoms with E-state index in [0.29, 0.717) is 12.8 Å². The molecule has 196 valence electrons. The van der Waals surface area contributed by atoms with Crippen LogP contribution < -0.4 is 5.32 Å². The molecule has 0 spiro atoms. The summed E-state index contributed by atoms with van der Waals surface area (Å²) in [6.07, 6.45) is 4.28. The van der Waals surface area contributed by atoms with Crippen LogP contribution in [0, 0.1) is 28.9 Å². The average molecular weight is 508 g/mol. The first kappa shape index (κ1) is 26.3. The van der Waals surface area contributed by atoms with Crippen molar-refractivity contribution in [3.63, 3.8) is 0 Å². The standard InChI is InChI=1S/C28H33N3O6/c1-18-12-14-19(15-13-18)17-29-26(32)24-16-22(28(34)37-2)25(21-10-6-7-11-23(21)31(35)36)30(24)27(33)20-8-4-3-5-9-20/h6-7,10-15,20,22,24-25H,3-5,8-9,16-17H2,1-2H3,(H,29,32). The molecule has 3 unspecified atom stereocenters. The number of ether oxygens (including phenoxy) is 1. The number of esters is 1. The maximum Gasteiger partial charge on any atom is 0.311 e. The van der Waals surface area contributed by atoms with Crippen molar-refractivity contribution >= 4 is 23.5 Å². The van der Waals surface area contributed by atoms with Crippen molar-refractivity contribution < 1.29 is 24.0 Å². The van der Waals surface area contributed by atoms with Crippen molar-refractivity contribution in [2.45, 2.75) is 64.1 Å². The van der Waals surface area contributed by atoms with Crippen molar-refractivity contribution in [2.75, 3.05) is 7.11 Å². The summed E-state index contributed by atoms with van der Waals surface area (Å²) in [7, 11) is 1.25. The molecule has 2 aliphatic rings. The van der Waals surface area contributed by atoms with Crippen molar-refractivity contribution in [3.8, 4) is 0 Å². The van der Waals surface area contributed by atoms with E-state index in [1.165, 1.54) is 18.1 Å². The van der Waals surface area contributed by atoms with Gasteiger partial charge in [0.25, 0.3) is 5.69 Å². The van der Waals surface area contributed by atoms with Crippen LogP contribution in [0.1, 0.15) is 61.3 Å². The van der Waals surface area contributed by atoms with Crippen LogP contribution in [0.4, 0.5) is 5.69 Å². The number of para-hydroxylation sites is 1. The monoisotopic (exact) mass is 507 g/mol. The second-order valence-electron chi connectivity index (χ2n) is 9.93. The van der Waals surface area contributed by atoms with Crippen LogP contribution >= 0.6 is 0 Å². The van der Waals surface area contributed by atoms with Gasteiger partial charge in [0, 0.05) is 18.5 Å². The molecule has 1 heterocycles. The summed E-state index contributed by atoms with van der Waals surface area (Å²) >= 11 is 0. The predicted octanol–water partition coefficient (Wildman–Crippen LogP) is 4.23. The first-order chi connectivity index (χ1) is 17.8. The van der Waals surface area contributed by atoms with E-state index >= 15 is 0 Å². The van der Waals surface area contributed by atoms with Gasteiger partial charge in [0.15, 0.2) is 0 Å². The Bertz CT molecular complexity index is 1160. The molecular formula is C28H33N3O6. The summed E-state index contributed by atoms with van der Waals surface area (Å²) in [4.78, 5) is 53.3. The number of nitrogens with zero attached hydrogens (tertiary/aromatic N) is 2. The fraction of sp³-hybridized carbons (Fsp3) is 0.464. The normalized spacial score (nSPS) is 21.9. The van der Waals surface area contributed by atoms with E-state index in [0.717, 1.165) is 30.4 Å². The maximum absolute atomic E-state index is 14.0. The molecule has 0 bridgehead atoms. The number of benzene rings is 2. The fourth-order valence-electron chi connectivity index (χ4n) is 5.62. The first-order valence-electron chi connectivity index (χ1n) is 12.8. The number of rotatable bonds is 7. The van der Waals surface area contributed by atoms with Gasteiger partial charge in [0.05, 0.1) is 29.6 Å². The van der Waals surface area contributed by atoms with Crippen molar-refractivity contribution in [2.24, 2.45) is 11.8 Å². The van der Waals surface area contributed by atoms with Gasteiger partial charge in [-0.1, -0.05) is 67.3 Å². The minimum Gasteiger partial charge on any atom is -0.469 e. The van der Waals surface area contributed by atoms with Gasteiger partial charge in [-0.3, -0.25) is 24.5 Å². The number of amides is 2. The molecule has 2 aromatic carbocycles. The number of methoxy groups -OCH3 is 1. The lowest BCUT2D eigenvalue weighted by Crippen LogP contribution is -2.49. The van der Waals surface area contributed by atoms with Crippen LogP contribution in [0.25, 0.3) is 0 Å². The minimum atomic E-state index is -0.974. The van der Waals surface area contributed by atoms with Gasteiger partial charge in [0.1, 0.15) is 6.04 Å². The Morgan fingerprint density at radius 1 is 1.05 bits per heavy atom. The molecule has 1 N–H and O–H groups in total. The smallest absolute Gasteiger partial charge is 0.311 e. The summed E-state index contributed by atoms with van der Waals surface area (Å²) in [6.45, 7) is 2.24. The van der Waals surface area contributed by atoms with Crippen LogP contribution in [0.15, 0.2) is 48.5 Å². The molecule has 4 rings (SSSR count). The van der Waals surface area contributed by atoms with Crippen molar-refractivity contribution in [1.29, 1.82) is 0 Å². The Hall–Kier alpha value is -3.75. The molecule has 3 atom stereocenters. The highest BCUT2D eigenvalue weighted by molar-refractivity contribution is 5.91. The Morgan fingerprint density at radius 3 is 2.38 bits per heavy atom. The van der Waals surface area contributed by atoms with Crippen LogP contribution in [-0.2, 0) is 25.7 Å². The number of nitro benzene ring substituents is 1. The zero-order valence-electron chi connectivity index (χ0n) is 21.2. The summed E-state index contributed by atoms with van der Waals surface area (Å²) in [5.74, 6) is -2.42. The average Bonchev–Trinajstić information content (AvgIpc) is 3.32. The van der Waals surface area contributed by atoms with Crippen molar-refractivity contribution in [1.82, 2.24) is 10.2 Å². The zero-order valence-corrected chi connectivity index (χ0v) is 21.2. The van der Waals surface area contributed by atoms with Gasteiger partial charge < -0.3 is 15.0 Å². The van der Waals surface area contributed by atoms with Crippen LogP contribution in [0.5, 0.6) is 0 Å². The maximum atomic E-state index is 14.0. The second-order valence-corrected chi connectivity index (χ2v) is 9.93. The van der Waals surface area contributed by atoms with E-state index in [1.807, 2.05) is 31.2 Å². The Balaban J connectivity index is 1.72. The molecule has 1 aliphatic carbocycles.